The molecule has 0 saturated heterocycles. The van der Waals surface area contributed by atoms with E-state index in [1.807, 2.05) is 0 Å². The minimum atomic E-state index is -0.674. The molecule has 1 aromatic heterocycles. The van der Waals surface area contributed by atoms with Crippen molar-refractivity contribution in [3.8, 4) is 0 Å². The van der Waals surface area contributed by atoms with E-state index < -0.39 is 5.60 Å². The molecule has 1 aliphatic rings. The molecule has 2 atom stereocenters. The highest BCUT2D eigenvalue weighted by molar-refractivity contribution is 5.03. The summed E-state index contributed by atoms with van der Waals surface area (Å²) in [5.41, 5.74) is -0.469. The molecule has 0 bridgehead atoms. The Morgan fingerprint density at radius 3 is 2.62 bits per heavy atom. The topological polar surface area (TPSA) is 63.8 Å². The molecule has 1 saturated carbocycles. The van der Waals surface area contributed by atoms with Crippen LogP contribution in [0.2, 0.25) is 0 Å². The lowest BCUT2D eigenvalue weighted by molar-refractivity contribution is 0.00263. The van der Waals surface area contributed by atoms with Gasteiger partial charge in [0.2, 0.25) is 0 Å². The van der Waals surface area contributed by atoms with E-state index >= 15 is 0 Å². The highest BCUT2D eigenvalue weighted by Crippen LogP contribution is 2.48. The zero-order chi connectivity index (χ0) is 12.0. The number of tetrazole rings is 1. The summed E-state index contributed by atoms with van der Waals surface area (Å²) in [6, 6.07) is 0. The normalized spacial score (nSPS) is 33.2. The molecule has 1 N–H and O–H groups in total. The Labute approximate surface area is 95.9 Å². The summed E-state index contributed by atoms with van der Waals surface area (Å²) >= 11 is 0. The predicted octanol–water partition coefficient (Wildman–Crippen LogP) is 0.940. The van der Waals surface area contributed by atoms with Gasteiger partial charge >= 0.3 is 0 Å². The molecule has 90 valence electrons. The predicted molar refractivity (Wildman–Crippen MR) is 59.6 cm³/mol. The molecule has 2 unspecified atom stereocenters. The van der Waals surface area contributed by atoms with Gasteiger partial charge in [-0.1, -0.05) is 20.8 Å². The van der Waals surface area contributed by atoms with Crippen LogP contribution in [0, 0.1) is 11.3 Å². The van der Waals surface area contributed by atoms with E-state index in [2.05, 4.69) is 36.2 Å². The van der Waals surface area contributed by atoms with Crippen LogP contribution < -0.4 is 0 Å². The Balaban J connectivity index is 2.14. The third-order valence-electron chi connectivity index (χ3n) is 3.57. The molecule has 5 nitrogen and oxygen atoms in total. The summed E-state index contributed by atoms with van der Waals surface area (Å²) in [5.74, 6) is 0.917. The van der Waals surface area contributed by atoms with Gasteiger partial charge in [0.1, 0.15) is 0 Å². The first-order valence-corrected chi connectivity index (χ1v) is 5.76. The molecule has 0 amide bonds. The summed E-state index contributed by atoms with van der Waals surface area (Å²) in [5, 5.41) is 22.5. The summed E-state index contributed by atoms with van der Waals surface area (Å²) in [6.07, 6.45) is 2.36. The third kappa shape index (κ3) is 2.09. The Hall–Kier alpha value is -0.970. The van der Waals surface area contributed by atoms with Crippen LogP contribution in [-0.4, -0.2) is 30.9 Å². The van der Waals surface area contributed by atoms with Crippen molar-refractivity contribution in [2.24, 2.45) is 18.4 Å². The second kappa shape index (κ2) is 3.52. The third-order valence-corrected chi connectivity index (χ3v) is 3.57. The number of nitrogens with zero attached hydrogens (tertiary/aromatic N) is 4. The van der Waals surface area contributed by atoms with Crippen LogP contribution in [0.25, 0.3) is 0 Å². The summed E-state index contributed by atoms with van der Waals surface area (Å²) in [4.78, 5) is 1.43. The van der Waals surface area contributed by atoms with Gasteiger partial charge in [0, 0.05) is 6.42 Å². The van der Waals surface area contributed by atoms with Crippen LogP contribution in [0.1, 0.15) is 39.4 Å². The molecule has 0 aliphatic heterocycles. The molecule has 1 fully saturated rings. The van der Waals surface area contributed by atoms with Gasteiger partial charge in [-0.2, -0.15) is 4.80 Å². The van der Waals surface area contributed by atoms with Gasteiger partial charge in [-0.25, -0.2) is 0 Å². The average molecular weight is 224 g/mol. The van der Waals surface area contributed by atoms with Crippen LogP contribution in [-0.2, 0) is 13.5 Å². The van der Waals surface area contributed by atoms with Gasteiger partial charge in [0.05, 0.1) is 12.6 Å². The van der Waals surface area contributed by atoms with Gasteiger partial charge < -0.3 is 5.11 Å². The van der Waals surface area contributed by atoms with E-state index in [-0.39, 0.29) is 11.3 Å². The molecule has 0 radical (unpaired) electrons. The molecule has 1 aromatic rings. The lowest BCUT2D eigenvalue weighted by atomic mass is 9.87. The smallest absolute Gasteiger partial charge is 0.177 e. The number of aryl methyl sites for hydroxylation is 1. The maximum atomic E-state index is 10.6. The Kier molecular flexibility index (Phi) is 2.53. The van der Waals surface area contributed by atoms with Crippen LogP contribution >= 0.6 is 0 Å². The van der Waals surface area contributed by atoms with Crippen molar-refractivity contribution in [2.45, 2.75) is 45.6 Å². The molecular weight excluding hydrogens is 204 g/mol. The van der Waals surface area contributed by atoms with Crippen molar-refractivity contribution in [2.75, 3.05) is 0 Å². The van der Waals surface area contributed by atoms with E-state index in [0.29, 0.717) is 12.2 Å². The largest absolute Gasteiger partial charge is 0.389 e. The summed E-state index contributed by atoms with van der Waals surface area (Å²) < 4.78 is 0. The maximum Gasteiger partial charge on any atom is 0.177 e. The molecule has 5 heteroatoms. The van der Waals surface area contributed by atoms with Crippen LogP contribution in [0.15, 0.2) is 0 Å². The van der Waals surface area contributed by atoms with Crippen LogP contribution in [0.5, 0.6) is 0 Å². The van der Waals surface area contributed by atoms with Gasteiger partial charge in [-0.05, 0) is 29.4 Å². The molecule has 0 spiro atoms. The standard InChI is InChI=1S/C11H20N4O/c1-8-5-10(2,3)7-11(8,16)6-9-12-14-15(4)13-9/h8,16H,5-7H2,1-4H3. The first-order chi connectivity index (χ1) is 7.31. The fourth-order valence-electron chi connectivity index (χ4n) is 3.00. The molecular formula is C11H20N4O. The Morgan fingerprint density at radius 1 is 1.50 bits per heavy atom. The van der Waals surface area contributed by atoms with Gasteiger partial charge in [0.15, 0.2) is 5.82 Å². The number of aliphatic hydroxyl groups is 1. The average Bonchev–Trinajstić information content (AvgIpc) is 2.55. The Morgan fingerprint density at radius 2 is 2.19 bits per heavy atom. The van der Waals surface area contributed by atoms with Crippen molar-refractivity contribution in [1.82, 2.24) is 20.2 Å². The highest BCUT2D eigenvalue weighted by Gasteiger charge is 2.47. The molecule has 1 aliphatic carbocycles. The lowest BCUT2D eigenvalue weighted by Crippen LogP contribution is -2.35. The van der Waals surface area contributed by atoms with E-state index in [4.69, 9.17) is 0 Å². The number of hydrogen-bond acceptors (Lipinski definition) is 4. The fraction of sp³-hybridized carbons (Fsp3) is 0.909. The van der Waals surface area contributed by atoms with Crippen molar-refractivity contribution in [3.63, 3.8) is 0 Å². The van der Waals surface area contributed by atoms with Gasteiger partial charge in [-0.3, -0.25) is 0 Å². The van der Waals surface area contributed by atoms with E-state index in [1.54, 1.807) is 7.05 Å². The lowest BCUT2D eigenvalue weighted by Gasteiger charge is -2.26. The number of aromatic nitrogens is 4. The van der Waals surface area contributed by atoms with Crippen molar-refractivity contribution >= 4 is 0 Å². The highest BCUT2D eigenvalue weighted by atomic mass is 16.3. The summed E-state index contributed by atoms with van der Waals surface area (Å²) in [6.45, 7) is 6.50. The maximum absolute atomic E-state index is 10.6. The van der Waals surface area contributed by atoms with Crippen LogP contribution in [0.4, 0.5) is 0 Å². The van der Waals surface area contributed by atoms with E-state index in [0.717, 1.165) is 12.8 Å². The number of rotatable bonds is 2. The first-order valence-electron chi connectivity index (χ1n) is 5.76. The zero-order valence-electron chi connectivity index (χ0n) is 10.4. The zero-order valence-corrected chi connectivity index (χ0v) is 10.4. The first kappa shape index (κ1) is 11.5. The molecule has 1 heterocycles. The SMILES string of the molecule is CC1CC(C)(C)CC1(O)Cc1nnn(C)n1. The van der Waals surface area contributed by atoms with Gasteiger partial charge in [0.25, 0.3) is 0 Å². The molecule has 0 aromatic carbocycles. The van der Waals surface area contributed by atoms with Crippen molar-refractivity contribution < 1.29 is 5.11 Å². The van der Waals surface area contributed by atoms with Crippen molar-refractivity contribution in [1.29, 1.82) is 0 Å². The summed E-state index contributed by atoms with van der Waals surface area (Å²) in [7, 11) is 1.74. The van der Waals surface area contributed by atoms with E-state index in [9.17, 15) is 5.11 Å². The minimum Gasteiger partial charge on any atom is -0.389 e. The molecule has 16 heavy (non-hydrogen) atoms. The fourth-order valence-corrected chi connectivity index (χ4v) is 3.00. The molecule has 2 rings (SSSR count). The second-order valence-corrected chi connectivity index (χ2v) is 5.92. The van der Waals surface area contributed by atoms with Gasteiger partial charge in [-0.15, -0.1) is 10.2 Å². The quantitative estimate of drug-likeness (QED) is 0.812. The van der Waals surface area contributed by atoms with Crippen LogP contribution in [0.3, 0.4) is 0 Å². The van der Waals surface area contributed by atoms with Crippen molar-refractivity contribution in [3.05, 3.63) is 5.82 Å². The minimum absolute atomic E-state index is 0.205. The number of hydrogen-bond donors (Lipinski definition) is 1. The monoisotopic (exact) mass is 224 g/mol. The Bertz CT molecular complexity index is 387. The second-order valence-electron chi connectivity index (χ2n) is 5.92. The van der Waals surface area contributed by atoms with E-state index in [1.165, 1.54) is 4.80 Å².